The van der Waals surface area contributed by atoms with Gasteiger partial charge < -0.3 is 10.0 Å². The zero-order valence-electron chi connectivity index (χ0n) is 12.9. The van der Waals surface area contributed by atoms with Crippen molar-refractivity contribution in [3.05, 3.63) is 34.9 Å². The van der Waals surface area contributed by atoms with E-state index in [1.54, 1.807) is 12.1 Å². The summed E-state index contributed by atoms with van der Waals surface area (Å²) in [7, 11) is 0. The van der Waals surface area contributed by atoms with Crippen molar-refractivity contribution >= 4 is 11.9 Å². The van der Waals surface area contributed by atoms with Crippen molar-refractivity contribution in [1.82, 2.24) is 4.90 Å². The normalized spacial score (nSPS) is 18.8. The Hall–Kier alpha value is -1.84. The molecule has 4 nitrogen and oxygen atoms in total. The summed E-state index contributed by atoms with van der Waals surface area (Å²) in [5.74, 6) is -0.125. The number of carbonyl (C=O) groups is 2. The molecule has 118 valence electrons. The molecule has 2 aliphatic rings. The summed E-state index contributed by atoms with van der Waals surface area (Å²) in [6.07, 6.45) is 7.66. The van der Waals surface area contributed by atoms with Gasteiger partial charge in [0, 0.05) is 19.5 Å². The van der Waals surface area contributed by atoms with Crippen LogP contribution in [0.2, 0.25) is 0 Å². The monoisotopic (exact) mass is 301 g/mol. The Balaban J connectivity index is 1.66. The predicted molar refractivity (Wildman–Crippen MR) is 83.7 cm³/mol. The molecule has 0 radical (unpaired) electrons. The molecule has 22 heavy (non-hydrogen) atoms. The number of aromatic carboxylic acids is 1. The molecule has 1 saturated carbocycles. The van der Waals surface area contributed by atoms with Gasteiger partial charge in [-0.25, -0.2) is 4.79 Å². The van der Waals surface area contributed by atoms with Crippen LogP contribution in [0.3, 0.4) is 0 Å². The molecule has 1 amide bonds. The Kier molecular flexibility index (Phi) is 4.46. The van der Waals surface area contributed by atoms with Crippen molar-refractivity contribution < 1.29 is 14.7 Å². The van der Waals surface area contributed by atoms with Crippen molar-refractivity contribution in [3.8, 4) is 0 Å². The van der Waals surface area contributed by atoms with Gasteiger partial charge in [-0.05, 0) is 48.4 Å². The maximum absolute atomic E-state index is 12.5. The van der Waals surface area contributed by atoms with Gasteiger partial charge in [-0.3, -0.25) is 4.79 Å². The summed E-state index contributed by atoms with van der Waals surface area (Å²) >= 11 is 0. The first kappa shape index (κ1) is 15.1. The number of nitrogens with zero attached hydrogens (tertiary/aromatic N) is 1. The molecule has 0 aromatic heterocycles. The maximum Gasteiger partial charge on any atom is 0.335 e. The molecule has 1 aromatic rings. The van der Waals surface area contributed by atoms with E-state index >= 15 is 0 Å². The number of amides is 1. The summed E-state index contributed by atoms with van der Waals surface area (Å²) in [5.41, 5.74) is 2.47. The molecular formula is C18H23NO3. The minimum atomic E-state index is -0.909. The van der Waals surface area contributed by atoms with Gasteiger partial charge in [0.1, 0.15) is 0 Å². The van der Waals surface area contributed by atoms with Crippen LogP contribution >= 0.6 is 0 Å². The second-order valence-electron chi connectivity index (χ2n) is 6.56. The Morgan fingerprint density at radius 2 is 1.91 bits per heavy atom. The molecule has 1 heterocycles. The minimum absolute atomic E-state index is 0.235. The highest BCUT2D eigenvalue weighted by molar-refractivity contribution is 5.88. The second kappa shape index (κ2) is 6.51. The van der Waals surface area contributed by atoms with Crippen molar-refractivity contribution in [2.75, 3.05) is 6.54 Å². The standard InChI is InChI=1S/C18H23NO3/c20-17(10-13-4-2-1-3-5-13)19-9-8-14-6-7-15(18(21)22)11-16(14)12-19/h6-7,11,13H,1-5,8-10,12H2,(H,21,22). The average molecular weight is 301 g/mol. The molecule has 1 aromatic carbocycles. The minimum Gasteiger partial charge on any atom is -0.478 e. The van der Waals surface area contributed by atoms with E-state index in [-0.39, 0.29) is 5.91 Å². The molecule has 0 unspecified atom stereocenters. The fourth-order valence-electron chi connectivity index (χ4n) is 3.67. The lowest BCUT2D eigenvalue weighted by atomic mass is 9.86. The lowest BCUT2D eigenvalue weighted by Crippen LogP contribution is -2.37. The molecule has 0 spiro atoms. The fourth-order valence-corrected chi connectivity index (χ4v) is 3.67. The van der Waals surface area contributed by atoms with E-state index < -0.39 is 5.97 Å². The number of hydrogen-bond donors (Lipinski definition) is 1. The Morgan fingerprint density at radius 3 is 2.64 bits per heavy atom. The molecule has 1 N–H and O–H groups in total. The first-order chi connectivity index (χ1) is 10.6. The zero-order valence-corrected chi connectivity index (χ0v) is 12.9. The molecule has 0 bridgehead atoms. The van der Waals surface area contributed by atoms with Gasteiger partial charge in [0.25, 0.3) is 0 Å². The fraction of sp³-hybridized carbons (Fsp3) is 0.556. The smallest absolute Gasteiger partial charge is 0.335 e. The van der Waals surface area contributed by atoms with Gasteiger partial charge >= 0.3 is 5.97 Å². The number of fused-ring (bicyclic) bond motifs is 1. The van der Waals surface area contributed by atoms with Crippen LogP contribution in [0.15, 0.2) is 18.2 Å². The van der Waals surface area contributed by atoms with E-state index in [4.69, 9.17) is 5.11 Å². The van der Waals surface area contributed by atoms with Crippen LogP contribution in [0.4, 0.5) is 0 Å². The number of carbonyl (C=O) groups excluding carboxylic acids is 1. The van der Waals surface area contributed by atoms with Crippen LogP contribution in [0, 0.1) is 5.92 Å². The summed E-state index contributed by atoms with van der Waals surface area (Å²) in [5, 5.41) is 9.10. The molecular weight excluding hydrogens is 278 g/mol. The van der Waals surface area contributed by atoms with E-state index in [0.717, 1.165) is 18.5 Å². The largest absolute Gasteiger partial charge is 0.478 e. The van der Waals surface area contributed by atoms with Crippen LogP contribution in [0.5, 0.6) is 0 Å². The van der Waals surface area contributed by atoms with Crippen molar-refractivity contribution in [1.29, 1.82) is 0 Å². The van der Waals surface area contributed by atoms with Crippen molar-refractivity contribution in [3.63, 3.8) is 0 Å². The first-order valence-corrected chi connectivity index (χ1v) is 8.26. The van der Waals surface area contributed by atoms with Crippen LogP contribution in [0.1, 0.15) is 60.0 Å². The van der Waals surface area contributed by atoms with Crippen LogP contribution < -0.4 is 0 Å². The van der Waals surface area contributed by atoms with Crippen LogP contribution in [0.25, 0.3) is 0 Å². The zero-order chi connectivity index (χ0) is 15.5. The van der Waals surface area contributed by atoms with Crippen molar-refractivity contribution in [2.45, 2.75) is 51.5 Å². The molecule has 0 saturated heterocycles. The lowest BCUT2D eigenvalue weighted by Gasteiger charge is -2.31. The van der Waals surface area contributed by atoms with E-state index in [1.165, 1.54) is 37.7 Å². The first-order valence-electron chi connectivity index (χ1n) is 8.26. The molecule has 1 aliphatic heterocycles. The van der Waals surface area contributed by atoms with Crippen LogP contribution in [-0.2, 0) is 17.8 Å². The van der Waals surface area contributed by atoms with Gasteiger partial charge in [0.15, 0.2) is 0 Å². The SMILES string of the molecule is O=C(O)c1ccc2c(c1)CN(C(=O)CC1CCCCC1)CC2. The Bertz CT molecular complexity index is 576. The van der Waals surface area contributed by atoms with Gasteiger partial charge in [-0.2, -0.15) is 0 Å². The number of carboxylic acids is 1. The highest BCUT2D eigenvalue weighted by Crippen LogP contribution is 2.28. The maximum atomic E-state index is 12.5. The summed E-state index contributed by atoms with van der Waals surface area (Å²) in [6, 6.07) is 5.26. The molecule has 4 heteroatoms. The summed E-state index contributed by atoms with van der Waals surface area (Å²) < 4.78 is 0. The van der Waals surface area contributed by atoms with E-state index in [0.29, 0.717) is 24.4 Å². The second-order valence-corrected chi connectivity index (χ2v) is 6.56. The van der Waals surface area contributed by atoms with Gasteiger partial charge in [0.2, 0.25) is 5.91 Å². The topological polar surface area (TPSA) is 57.6 Å². The summed E-state index contributed by atoms with van der Waals surface area (Å²) in [6.45, 7) is 1.31. The highest BCUT2D eigenvalue weighted by Gasteiger charge is 2.24. The Labute approximate surface area is 131 Å². The predicted octanol–water partition coefficient (Wildman–Crippen LogP) is 3.24. The molecule has 3 rings (SSSR count). The lowest BCUT2D eigenvalue weighted by molar-refractivity contribution is -0.133. The summed E-state index contributed by atoms with van der Waals surface area (Å²) in [4.78, 5) is 25.5. The third-order valence-corrected chi connectivity index (χ3v) is 5.01. The third kappa shape index (κ3) is 3.32. The van der Waals surface area contributed by atoms with Gasteiger partial charge in [-0.15, -0.1) is 0 Å². The van der Waals surface area contributed by atoms with Gasteiger partial charge in [0.05, 0.1) is 5.56 Å². The number of benzene rings is 1. The quantitative estimate of drug-likeness (QED) is 0.932. The molecule has 0 atom stereocenters. The van der Waals surface area contributed by atoms with E-state index in [2.05, 4.69) is 0 Å². The van der Waals surface area contributed by atoms with Crippen molar-refractivity contribution in [2.24, 2.45) is 5.92 Å². The van der Waals surface area contributed by atoms with Crippen LogP contribution in [-0.4, -0.2) is 28.4 Å². The van der Waals surface area contributed by atoms with Gasteiger partial charge in [-0.1, -0.05) is 25.3 Å². The number of hydrogen-bond acceptors (Lipinski definition) is 2. The third-order valence-electron chi connectivity index (χ3n) is 5.01. The van der Waals surface area contributed by atoms with E-state index in [9.17, 15) is 9.59 Å². The highest BCUT2D eigenvalue weighted by atomic mass is 16.4. The molecule has 1 fully saturated rings. The molecule has 1 aliphatic carbocycles. The van der Waals surface area contributed by atoms with E-state index in [1.807, 2.05) is 11.0 Å². The average Bonchev–Trinajstić information content (AvgIpc) is 2.54. The number of rotatable bonds is 3. The Morgan fingerprint density at radius 1 is 1.14 bits per heavy atom. The number of carboxylic acid groups (broad SMARTS) is 1.